The summed E-state index contributed by atoms with van der Waals surface area (Å²) in [5.74, 6) is 0. The summed E-state index contributed by atoms with van der Waals surface area (Å²) in [6, 6.07) is 8.71. The summed E-state index contributed by atoms with van der Waals surface area (Å²) < 4.78 is 3.16. The Morgan fingerprint density at radius 2 is 2.00 bits per heavy atom. The van der Waals surface area contributed by atoms with Gasteiger partial charge in [-0.3, -0.25) is 4.68 Å². The van der Waals surface area contributed by atoms with Crippen molar-refractivity contribution in [3.63, 3.8) is 0 Å². The molecular formula is C16H22BrN3. The highest BCUT2D eigenvalue weighted by atomic mass is 79.9. The molecule has 0 atom stereocenters. The average molecular weight is 336 g/mol. The van der Waals surface area contributed by atoms with E-state index in [9.17, 15) is 0 Å². The van der Waals surface area contributed by atoms with Gasteiger partial charge in [0.2, 0.25) is 0 Å². The molecule has 0 aliphatic rings. The van der Waals surface area contributed by atoms with E-state index < -0.39 is 0 Å². The van der Waals surface area contributed by atoms with Gasteiger partial charge in [-0.2, -0.15) is 5.10 Å². The van der Waals surface area contributed by atoms with Crippen LogP contribution in [0.3, 0.4) is 0 Å². The smallest absolute Gasteiger partial charge is 0.0738 e. The highest BCUT2D eigenvalue weighted by molar-refractivity contribution is 9.10. The van der Waals surface area contributed by atoms with Gasteiger partial charge < -0.3 is 5.32 Å². The number of rotatable bonds is 6. The third kappa shape index (κ3) is 3.70. The Morgan fingerprint density at radius 1 is 1.25 bits per heavy atom. The Balaban J connectivity index is 2.09. The highest BCUT2D eigenvalue weighted by Crippen LogP contribution is 2.20. The molecule has 1 heterocycles. The number of benzene rings is 1. The first-order valence-corrected chi connectivity index (χ1v) is 7.89. The molecule has 0 unspecified atom stereocenters. The van der Waals surface area contributed by atoms with Gasteiger partial charge in [-0.25, -0.2) is 0 Å². The van der Waals surface area contributed by atoms with Crippen LogP contribution in [0.15, 0.2) is 28.7 Å². The molecule has 0 saturated carbocycles. The number of hydrogen-bond donors (Lipinski definition) is 1. The number of aromatic nitrogens is 2. The van der Waals surface area contributed by atoms with Gasteiger partial charge in [-0.05, 0) is 53.9 Å². The van der Waals surface area contributed by atoms with Gasteiger partial charge in [0.15, 0.2) is 0 Å². The summed E-state index contributed by atoms with van der Waals surface area (Å²) in [5.41, 5.74) is 4.84. The monoisotopic (exact) mass is 335 g/mol. The fraction of sp³-hybridized carbons (Fsp3) is 0.438. The lowest BCUT2D eigenvalue weighted by Crippen LogP contribution is -2.14. The van der Waals surface area contributed by atoms with E-state index in [0.29, 0.717) is 0 Å². The second-order valence-corrected chi connectivity index (χ2v) is 5.93. The van der Waals surface area contributed by atoms with E-state index in [0.717, 1.165) is 29.8 Å². The predicted molar refractivity (Wildman–Crippen MR) is 86.9 cm³/mol. The van der Waals surface area contributed by atoms with Crippen LogP contribution in [0.1, 0.15) is 35.9 Å². The normalized spacial score (nSPS) is 11.0. The van der Waals surface area contributed by atoms with Crippen LogP contribution in [0.25, 0.3) is 0 Å². The van der Waals surface area contributed by atoms with Gasteiger partial charge in [0.05, 0.1) is 22.4 Å². The number of nitrogens with zero attached hydrogens (tertiary/aromatic N) is 2. The number of aryl methyl sites for hydroxylation is 1. The average Bonchev–Trinajstić information content (AvgIpc) is 2.67. The molecule has 0 fully saturated rings. The molecule has 0 aliphatic carbocycles. The molecule has 1 aromatic carbocycles. The van der Waals surface area contributed by atoms with E-state index in [1.165, 1.54) is 23.2 Å². The van der Waals surface area contributed by atoms with E-state index in [2.05, 4.69) is 69.1 Å². The van der Waals surface area contributed by atoms with Gasteiger partial charge >= 0.3 is 0 Å². The van der Waals surface area contributed by atoms with Crippen molar-refractivity contribution < 1.29 is 0 Å². The molecule has 1 N–H and O–H groups in total. The first-order valence-electron chi connectivity index (χ1n) is 7.10. The van der Waals surface area contributed by atoms with Crippen LogP contribution in [-0.2, 0) is 13.1 Å². The first-order chi connectivity index (χ1) is 9.61. The molecule has 20 heavy (non-hydrogen) atoms. The van der Waals surface area contributed by atoms with Gasteiger partial charge in [0.1, 0.15) is 0 Å². The van der Waals surface area contributed by atoms with Gasteiger partial charge in [0.25, 0.3) is 0 Å². The topological polar surface area (TPSA) is 29.9 Å². The van der Waals surface area contributed by atoms with Gasteiger partial charge in [-0.15, -0.1) is 0 Å². The predicted octanol–water partition coefficient (Wildman–Crippen LogP) is 3.81. The Hall–Kier alpha value is -1.13. The summed E-state index contributed by atoms with van der Waals surface area (Å²) in [5, 5.41) is 8.00. The quantitative estimate of drug-likeness (QED) is 0.813. The molecule has 2 aromatic rings. The van der Waals surface area contributed by atoms with Gasteiger partial charge in [0, 0.05) is 6.54 Å². The molecule has 0 bridgehead atoms. The first kappa shape index (κ1) is 15.3. The van der Waals surface area contributed by atoms with Crippen molar-refractivity contribution in [2.75, 3.05) is 6.54 Å². The van der Waals surface area contributed by atoms with Crippen LogP contribution in [0.5, 0.6) is 0 Å². The van der Waals surface area contributed by atoms with Crippen molar-refractivity contribution in [2.24, 2.45) is 0 Å². The lowest BCUT2D eigenvalue weighted by Gasteiger charge is -2.08. The van der Waals surface area contributed by atoms with E-state index in [1.807, 2.05) is 6.92 Å². The summed E-state index contributed by atoms with van der Waals surface area (Å²) in [6.45, 7) is 9.12. The van der Waals surface area contributed by atoms with Crippen molar-refractivity contribution in [3.05, 3.63) is 51.3 Å². The second-order valence-electron chi connectivity index (χ2n) is 5.14. The Bertz CT molecular complexity index is 575. The zero-order valence-corrected chi connectivity index (χ0v) is 14.0. The Morgan fingerprint density at radius 3 is 2.65 bits per heavy atom. The van der Waals surface area contributed by atoms with E-state index in [-0.39, 0.29) is 0 Å². The zero-order valence-electron chi connectivity index (χ0n) is 12.4. The molecule has 0 aliphatic heterocycles. The minimum absolute atomic E-state index is 0.819. The van der Waals surface area contributed by atoms with Crippen LogP contribution in [0.4, 0.5) is 0 Å². The van der Waals surface area contributed by atoms with Gasteiger partial charge in [-0.1, -0.05) is 31.2 Å². The molecule has 0 radical (unpaired) electrons. The highest BCUT2D eigenvalue weighted by Gasteiger charge is 2.08. The summed E-state index contributed by atoms with van der Waals surface area (Å²) >= 11 is 3.58. The SMILES string of the molecule is CCCNCc1cccc(Cn2nc(C)c(Br)c2C)c1. The minimum Gasteiger partial charge on any atom is -0.313 e. The third-order valence-electron chi connectivity index (χ3n) is 3.37. The van der Waals surface area contributed by atoms with Crippen molar-refractivity contribution in [1.29, 1.82) is 0 Å². The standard InChI is InChI=1S/C16H22BrN3/c1-4-8-18-10-14-6-5-7-15(9-14)11-20-13(3)16(17)12(2)19-20/h5-7,9,18H,4,8,10-11H2,1-3H3. The molecular weight excluding hydrogens is 314 g/mol. The maximum atomic E-state index is 4.56. The number of halogens is 1. The van der Waals surface area contributed by atoms with Crippen LogP contribution >= 0.6 is 15.9 Å². The maximum absolute atomic E-state index is 4.56. The number of nitrogens with one attached hydrogen (secondary N) is 1. The molecule has 3 nitrogen and oxygen atoms in total. The summed E-state index contributed by atoms with van der Waals surface area (Å²) in [7, 11) is 0. The molecule has 0 spiro atoms. The molecule has 108 valence electrons. The van der Waals surface area contributed by atoms with E-state index >= 15 is 0 Å². The maximum Gasteiger partial charge on any atom is 0.0738 e. The Kier molecular flexibility index (Phi) is 5.38. The van der Waals surface area contributed by atoms with Crippen molar-refractivity contribution in [2.45, 2.75) is 40.3 Å². The Labute approximate surface area is 129 Å². The van der Waals surface area contributed by atoms with E-state index in [1.54, 1.807) is 0 Å². The minimum atomic E-state index is 0.819. The lowest BCUT2D eigenvalue weighted by molar-refractivity contribution is 0.653. The van der Waals surface area contributed by atoms with Crippen LogP contribution in [0.2, 0.25) is 0 Å². The molecule has 4 heteroatoms. The van der Waals surface area contributed by atoms with Crippen molar-refractivity contribution in [3.8, 4) is 0 Å². The second kappa shape index (κ2) is 7.04. The van der Waals surface area contributed by atoms with E-state index in [4.69, 9.17) is 0 Å². The molecule has 2 rings (SSSR count). The largest absolute Gasteiger partial charge is 0.313 e. The third-order valence-corrected chi connectivity index (χ3v) is 4.52. The van der Waals surface area contributed by atoms with Crippen molar-refractivity contribution >= 4 is 15.9 Å². The number of hydrogen-bond acceptors (Lipinski definition) is 2. The fourth-order valence-electron chi connectivity index (χ4n) is 2.25. The zero-order chi connectivity index (χ0) is 14.5. The van der Waals surface area contributed by atoms with Crippen molar-refractivity contribution in [1.82, 2.24) is 15.1 Å². The summed E-state index contributed by atoms with van der Waals surface area (Å²) in [4.78, 5) is 0. The van der Waals surface area contributed by atoms with Crippen LogP contribution in [0, 0.1) is 13.8 Å². The molecule has 1 aromatic heterocycles. The fourth-order valence-corrected chi connectivity index (χ4v) is 2.53. The lowest BCUT2D eigenvalue weighted by atomic mass is 10.1. The van der Waals surface area contributed by atoms with Crippen LogP contribution < -0.4 is 5.32 Å². The molecule has 0 amide bonds. The summed E-state index contributed by atoms with van der Waals surface area (Å²) in [6.07, 6.45) is 1.17. The molecule has 0 saturated heterocycles. The van der Waals surface area contributed by atoms with Crippen LogP contribution in [-0.4, -0.2) is 16.3 Å².